The predicted molar refractivity (Wildman–Crippen MR) is 55.6 cm³/mol. The SMILES string of the molecule is Cc1c(F)cc(-c2cc(C(=O)O)[nH]n2)cc1F. The normalized spacial score (nSPS) is 10.5. The van der Waals surface area contributed by atoms with Crippen LogP contribution >= 0.6 is 0 Å². The zero-order valence-electron chi connectivity index (χ0n) is 8.79. The van der Waals surface area contributed by atoms with E-state index in [1.54, 1.807) is 0 Å². The largest absolute Gasteiger partial charge is 0.477 e. The Kier molecular flexibility index (Phi) is 2.63. The van der Waals surface area contributed by atoms with Crippen molar-refractivity contribution in [3.8, 4) is 11.3 Å². The van der Waals surface area contributed by atoms with Crippen molar-refractivity contribution in [1.29, 1.82) is 0 Å². The number of halogens is 2. The molecule has 0 spiro atoms. The number of hydrogen-bond acceptors (Lipinski definition) is 2. The van der Waals surface area contributed by atoms with Crippen molar-refractivity contribution in [3.63, 3.8) is 0 Å². The molecule has 0 amide bonds. The van der Waals surface area contributed by atoms with Gasteiger partial charge in [0.15, 0.2) is 0 Å². The van der Waals surface area contributed by atoms with Gasteiger partial charge in [-0.25, -0.2) is 13.6 Å². The molecule has 17 heavy (non-hydrogen) atoms. The highest BCUT2D eigenvalue weighted by Gasteiger charge is 2.12. The van der Waals surface area contributed by atoms with E-state index in [1.165, 1.54) is 13.0 Å². The average Bonchev–Trinajstić information content (AvgIpc) is 2.74. The van der Waals surface area contributed by atoms with Crippen molar-refractivity contribution in [1.82, 2.24) is 10.2 Å². The number of H-pyrrole nitrogens is 1. The summed E-state index contributed by atoms with van der Waals surface area (Å²) in [6.45, 7) is 1.32. The maximum atomic E-state index is 13.3. The number of aromatic nitrogens is 2. The highest BCUT2D eigenvalue weighted by atomic mass is 19.1. The van der Waals surface area contributed by atoms with E-state index in [1.807, 2.05) is 0 Å². The van der Waals surface area contributed by atoms with Gasteiger partial charge in [-0.15, -0.1) is 0 Å². The first kappa shape index (κ1) is 11.3. The highest BCUT2D eigenvalue weighted by molar-refractivity contribution is 5.86. The number of aromatic carboxylic acids is 1. The lowest BCUT2D eigenvalue weighted by Crippen LogP contribution is -1.95. The number of benzene rings is 1. The standard InChI is InChI=1S/C11H8F2N2O2/c1-5-7(12)2-6(3-8(5)13)9-4-10(11(16)17)15-14-9/h2-4H,1H3,(H,14,15)(H,16,17). The average molecular weight is 238 g/mol. The molecule has 0 fully saturated rings. The number of nitrogens with zero attached hydrogens (tertiary/aromatic N) is 1. The molecule has 0 unspecified atom stereocenters. The quantitative estimate of drug-likeness (QED) is 0.844. The van der Waals surface area contributed by atoms with Gasteiger partial charge in [-0.05, 0) is 25.1 Å². The van der Waals surface area contributed by atoms with Gasteiger partial charge in [0.05, 0.1) is 5.69 Å². The smallest absolute Gasteiger partial charge is 0.353 e. The summed E-state index contributed by atoms with van der Waals surface area (Å²) < 4.78 is 26.6. The first-order chi connectivity index (χ1) is 7.99. The van der Waals surface area contributed by atoms with Crippen LogP contribution in [0, 0.1) is 18.6 Å². The Balaban J connectivity index is 2.49. The van der Waals surface area contributed by atoms with Gasteiger partial charge in [-0.3, -0.25) is 5.10 Å². The Morgan fingerprint density at radius 3 is 2.35 bits per heavy atom. The van der Waals surface area contributed by atoms with E-state index >= 15 is 0 Å². The van der Waals surface area contributed by atoms with E-state index in [-0.39, 0.29) is 22.5 Å². The number of rotatable bonds is 2. The topological polar surface area (TPSA) is 66.0 Å². The molecule has 0 saturated heterocycles. The van der Waals surface area contributed by atoms with Gasteiger partial charge in [-0.2, -0.15) is 5.10 Å². The Hall–Kier alpha value is -2.24. The summed E-state index contributed by atoms with van der Waals surface area (Å²) in [6, 6.07) is 3.44. The van der Waals surface area contributed by atoms with Crippen LogP contribution < -0.4 is 0 Å². The number of carboxylic acids is 1. The lowest BCUT2D eigenvalue weighted by molar-refractivity contribution is 0.0690. The summed E-state index contributed by atoms with van der Waals surface area (Å²) in [5.74, 6) is -2.57. The molecule has 1 aromatic heterocycles. The summed E-state index contributed by atoms with van der Waals surface area (Å²) in [5.41, 5.74) is 0.152. The minimum Gasteiger partial charge on any atom is -0.477 e. The van der Waals surface area contributed by atoms with Crippen molar-refractivity contribution in [2.24, 2.45) is 0 Å². The van der Waals surface area contributed by atoms with E-state index < -0.39 is 17.6 Å². The van der Waals surface area contributed by atoms with Gasteiger partial charge < -0.3 is 5.11 Å². The fraction of sp³-hybridized carbons (Fsp3) is 0.0909. The molecule has 0 bridgehead atoms. The Labute approximate surface area is 94.9 Å². The molecule has 4 nitrogen and oxygen atoms in total. The van der Waals surface area contributed by atoms with Crippen molar-refractivity contribution >= 4 is 5.97 Å². The highest BCUT2D eigenvalue weighted by Crippen LogP contribution is 2.22. The van der Waals surface area contributed by atoms with Crippen molar-refractivity contribution < 1.29 is 18.7 Å². The molecular weight excluding hydrogens is 230 g/mol. The van der Waals surface area contributed by atoms with Gasteiger partial charge in [0.2, 0.25) is 0 Å². The molecule has 0 aliphatic carbocycles. The van der Waals surface area contributed by atoms with Crippen LogP contribution in [0.4, 0.5) is 8.78 Å². The van der Waals surface area contributed by atoms with Crippen LogP contribution in [0.3, 0.4) is 0 Å². The lowest BCUT2D eigenvalue weighted by Gasteiger charge is -2.01. The van der Waals surface area contributed by atoms with E-state index in [2.05, 4.69) is 10.2 Å². The van der Waals surface area contributed by atoms with E-state index in [0.29, 0.717) is 0 Å². The van der Waals surface area contributed by atoms with Crippen LogP contribution in [0.2, 0.25) is 0 Å². The van der Waals surface area contributed by atoms with Gasteiger partial charge in [-0.1, -0.05) is 0 Å². The second kappa shape index (κ2) is 3.97. The third-order valence-corrected chi connectivity index (χ3v) is 2.38. The van der Waals surface area contributed by atoms with Crippen LogP contribution in [-0.2, 0) is 0 Å². The predicted octanol–water partition coefficient (Wildman–Crippen LogP) is 2.36. The van der Waals surface area contributed by atoms with E-state index in [9.17, 15) is 13.6 Å². The minimum atomic E-state index is -1.18. The minimum absolute atomic E-state index is 0.0808. The second-order valence-corrected chi connectivity index (χ2v) is 3.54. The molecule has 0 saturated carbocycles. The zero-order valence-corrected chi connectivity index (χ0v) is 8.79. The number of hydrogen-bond donors (Lipinski definition) is 2. The first-order valence-corrected chi connectivity index (χ1v) is 4.73. The molecule has 0 aliphatic heterocycles. The van der Waals surface area contributed by atoms with Crippen molar-refractivity contribution in [3.05, 3.63) is 41.1 Å². The second-order valence-electron chi connectivity index (χ2n) is 3.54. The molecular formula is C11H8F2N2O2. The molecule has 1 heterocycles. The summed E-state index contributed by atoms with van der Waals surface area (Å²) in [4.78, 5) is 10.6. The molecule has 0 atom stereocenters. The molecule has 0 aliphatic rings. The molecule has 2 N–H and O–H groups in total. The third kappa shape index (κ3) is 2.01. The van der Waals surface area contributed by atoms with E-state index in [4.69, 9.17) is 5.11 Å². The third-order valence-electron chi connectivity index (χ3n) is 2.38. The molecule has 2 aromatic rings. The summed E-state index contributed by atoms with van der Waals surface area (Å²) >= 11 is 0. The van der Waals surface area contributed by atoms with Crippen LogP contribution in [0.15, 0.2) is 18.2 Å². The van der Waals surface area contributed by atoms with Gasteiger partial charge in [0.1, 0.15) is 17.3 Å². The van der Waals surface area contributed by atoms with Gasteiger partial charge in [0.25, 0.3) is 0 Å². The zero-order chi connectivity index (χ0) is 12.6. The van der Waals surface area contributed by atoms with Crippen LogP contribution in [0.1, 0.15) is 16.1 Å². The Morgan fingerprint density at radius 2 is 1.88 bits per heavy atom. The number of nitrogens with one attached hydrogen (secondary N) is 1. The molecule has 2 rings (SSSR count). The molecule has 1 aromatic carbocycles. The molecule has 88 valence electrons. The summed E-state index contributed by atoms with van der Waals surface area (Å²) in [6.07, 6.45) is 0. The number of carboxylic acid groups (broad SMARTS) is 1. The summed E-state index contributed by atoms with van der Waals surface area (Å²) in [7, 11) is 0. The maximum Gasteiger partial charge on any atom is 0.353 e. The Bertz CT molecular complexity index is 570. The monoisotopic (exact) mass is 238 g/mol. The van der Waals surface area contributed by atoms with Crippen LogP contribution in [0.5, 0.6) is 0 Å². The van der Waals surface area contributed by atoms with E-state index in [0.717, 1.165) is 12.1 Å². The summed E-state index contributed by atoms with van der Waals surface area (Å²) in [5, 5.41) is 14.6. The fourth-order valence-electron chi connectivity index (χ4n) is 1.37. The van der Waals surface area contributed by atoms with Gasteiger partial charge >= 0.3 is 5.97 Å². The van der Waals surface area contributed by atoms with Crippen molar-refractivity contribution in [2.45, 2.75) is 6.92 Å². The molecule has 6 heteroatoms. The van der Waals surface area contributed by atoms with Crippen LogP contribution in [-0.4, -0.2) is 21.3 Å². The van der Waals surface area contributed by atoms with Crippen LogP contribution in [0.25, 0.3) is 11.3 Å². The lowest BCUT2D eigenvalue weighted by atomic mass is 10.1. The number of aromatic amines is 1. The molecule has 0 radical (unpaired) electrons. The fourth-order valence-corrected chi connectivity index (χ4v) is 1.37. The Morgan fingerprint density at radius 1 is 1.29 bits per heavy atom. The first-order valence-electron chi connectivity index (χ1n) is 4.73. The van der Waals surface area contributed by atoms with Gasteiger partial charge in [0, 0.05) is 11.1 Å². The maximum absolute atomic E-state index is 13.3. The van der Waals surface area contributed by atoms with Crippen molar-refractivity contribution in [2.75, 3.05) is 0 Å². The number of carbonyl (C=O) groups is 1.